The van der Waals surface area contributed by atoms with E-state index in [-0.39, 0.29) is 6.09 Å². The summed E-state index contributed by atoms with van der Waals surface area (Å²) in [5.74, 6) is 0.423. The van der Waals surface area contributed by atoms with Gasteiger partial charge in [-0.3, -0.25) is 0 Å². The van der Waals surface area contributed by atoms with E-state index in [2.05, 4.69) is 22.9 Å². The van der Waals surface area contributed by atoms with Crippen LogP contribution in [0.15, 0.2) is 24.4 Å². The number of carbonyl (C=O) groups excluding carboxylic acids is 1. The zero-order valence-corrected chi connectivity index (χ0v) is 17.0. The Kier molecular flexibility index (Phi) is 4.85. The van der Waals surface area contributed by atoms with Crippen molar-refractivity contribution in [3.8, 4) is 0 Å². The second-order valence-electron chi connectivity index (χ2n) is 8.59. The van der Waals surface area contributed by atoms with Crippen LogP contribution in [0, 0.1) is 0 Å². The fraction of sp³-hybridized carbons (Fsp3) is 0.571. The van der Waals surface area contributed by atoms with Crippen LogP contribution in [0.25, 0.3) is 10.9 Å². The standard InChI is InChI=1S/C21H27ClN2O3/c1-21(2,3)27-20(25)23-8-6-14(7-9-23)18-11-24(16-12-26-13-16)19-5-4-15(22)10-17(18)19/h4-5,10-11,14,16H,6-9,12-13H2,1-3H3. The van der Waals surface area contributed by atoms with Crippen LogP contribution >= 0.6 is 11.6 Å². The first-order valence-corrected chi connectivity index (χ1v) is 10.1. The van der Waals surface area contributed by atoms with E-state index in [4.69, 9.17) is 21.1 Å². The van der Waals surface area contributed by atoms with Crippen LogP contribution in [-0.4, -0.2) is 47.5 Å². The molecule has 0 N–H and O–H groups in total. The molecule has 0 radical (unpaired) electrons. The van der Waals surface area contributed by atoms with Gasteiger partial charge in [0.25, 0.3) is 0 Å². The molecule has 2 aromatic rings. The van der Waals surface area contributed by atoms with Gasteiger partial charge >= 0.3 is 6.09 Å². The molecule has 1 amide bonds. The SMILES string of the molecule is CC(C)(C)OC(=O)N1CCC(c2cn(C3COC3)c3ccc(Cl)cc23)CC1. The Bertz CT molecular complexity index is 843. The van der Waals surface area contributed by atoms with Gasteiger partial charge in [0, 0.05) is 35.2 Å². The van der Waals surface area contributed by atoms with E-state index in [1.165, 1.54) is 16.5 Å². The van der Waals surface area contributed by atoms with Crippen molar-refractivity contribution in [2.45, 2.75) is 51.2 Å². The first kappa shape index (κ1) is 18.6. The van der Waals surface area contributed by atoms with Crippen LogP contribution in [0.3, 0.4) is 0 Å². The van der Waals surface area contributed by atoms with Gasteiger partial charge in [0.05, 0.1) is 19.3 Å². The van der Waals surface area contributed by atoms with E-state index in [0.717, 1.165) is 44.2 Å². The maximum atomic E-state index is 12.3. The van der Waals surface area contributed by atoms with Crippen LogP contribution in [0.4, 0.5) is 4.79 Å². The number of likely N-dealkylation sites (tertiary alicyclic amines) is 1. The molecule has 2 fully saturated rings. The highest BCUT2D eigenvalue weighted by Crippen LogP contribution is 2.38. The molecule has 146 valence electrons. The number of carbonyl (C=O) groups is 1. The molecule has 4 rings (SSSR count). The fourth-order valence-electron chi connectivity index (χ4n) is 3.96. The van der Waals surface area contributed by atoms with Crippen molar-refractivity contribution in [1.29, 1.82) is 0 Å². The van der Waals surface area contributed by atoms with E-state index in [9.17, 15) is 4.79 Å². The summed E-state index contributed by atoms with van der Waals surface area (Å²) in [6, 6.07) is 6.54. The zero-order chi connectivity index (χ0) is 19.2. The number of piperidine rings is 1. The Labute approximate surface area is 165 Å². The molecule has 3 heterocycles. The minimum atomic E-state index is -0.455. The van der Waals surface area contributed by atoms with E-state index in [1.807, 2.05) is 31.7 Å². The van der Waals surface area contributed by atoms with Gasteiger partial charge in [-0.05, 0) is 63.3 Å². The smallest absolute Gasteiger partial charge is 0.410 e. The molecule has 5 nitrogen and oxygen atoms in total. The van der Waals surface area contributed by atoms with Gasteiger partial charge in [-0.1, -0.05) is 11.6 Å². The van der Waals surface area contributed by atoms with Crippen LogP contribution in [0.2, 0.25) is 5.02 Å². The van der Waals surface area contributed by atoms with Crippen molar-refractivity contribution in [2.24, 2.45) is 0 Å². The quantitative estimate of drug-likeness (QED) is 0.726. The number of hydrogen-bond acceptors (Lipinski definition) is 3. The molecule has 27 heavy (non-hydrogen) atoms. The number of hydrogen-bond donors (Lipinski definition) is 0. The molecule has 0 aliphatic carbocycles. The van der Waals surface area contributed by atoms with E-state index in [1.54, 1.807) is 0 Å². The summed E-state index contributed by atoms with van der Waals surface area (Å²) in [6.07, 6.45) is 3.94. The molecule has 2 aliphatic rings. The van der Waals surface area contributed by atoms with Crippen LogP contribution in [0.1, 0.15) is 51.1 Å². The summed E-state index contributed by atoms with van der Waals surface area (Å²) in [6.45, 7) is 8.69. The van der Waals surface area contributed by atoms with Crippen molar-refractivity contribution in [2.75, 3.05) is 26.3 Å². The Morgan fingerprint density at radius 1 is 1.22 bits per heavy atom. The molecular weight excluding hydrogens is 364 g/mol. The molecule has 0 saturated carbocycles. The van der Waals surface area contributed by atoms with E-state index >= 15 is 0 Å². The highest BCUT2D eigenvalue weighted by molar-refractivity contribution is 6.31. The van der Waals surface area contributed by atoms with Crippen molar-refractivity contribution in [3.63, 3.8) is 0 Å². The van der Waals surface area contributed by atoms with Crippen molar-refractivity contribution >= 4 is 28.6 Å². The second kappa shape index (κ2) is 7.02. The Morgan fingerprint density at radius 2 is 1.93 bits per heavy atom. The van der Waals surface area contributed by atoms with Gasteiger partial charge in [-0.25, -0.2) is 4.79 Å². The number of rotatable bonds is 2. The third-order valence-electron chi connectivity index (χ3n) is 5.43. The topological polar surface area (TPSA) is 43.7 Å². The molecule has 0 unspecified atom stereocenters. The molecule has 0 bridgehead atoms. The molecule has 2 aliphatic heterocycles. The predicted molar refractivity (Wildman–Crippen MR) is 107 cm³/mol. The average Bonchev–Trinajstić information content (AvgIpc) is 2.90. The maximum absolute atomic E-state index is 12.3. The molecule has 6 heteroatoms. The first-order valence-electron chi connectivity index (χ1n) is 9.67. The number of amides is 1. The normalized spacial score (nSPS) is 19.3. The second-order valence-corrected chi connectivity index (χ2v) is 9.02. The minimum absolute atomic E-state index is 0.210. The molecule has 0 spiro atoms. The lowest BCUT2D eigenvalue weighted by Gasteiger charge is -2.33. The molecule has 1 aromatic heterocycles. The van der Waals surface area contributed by atoms with Gasteiger partial charge in [0.2, 0.25) is 0 Å². The highest BCUT2D eigenvalue weighted by atomic mass is 35.5. The van der Waals surface area contributed by atoms with Crippen LogP contribution in [-0.2, 0) is 9.47 Å². The number of ether oxygens (including phenoxy) is 2. The predicted octanol–water partition coefficient (Wildman–Crippen LogP) is 4.98. The van der Waals surface area contributed by atoms with Gasteiger partial charge < -0.3 is 18.9 Å². The summed E-state index contributed by atoms with van der Waals surface area (Å²) in [4.78, 5) is 14.1. The van der Waals surface area contributed by atoms with Gasteiger partial charge in [0.1, 0.15) is 5.60 Å². The highest BCUT2D eigenvalue weighted by Gasteiger charge is 2.30. The lowest BCUT2D eigenvalue weighted by Crippen LogP contribution is -2.41. The maximum Gasteiger partial charge on any atom is 0.410 e. The summed E-state index contributed by atoms with van der Waals surface area (Å²) in [5, 5.41) is 1.99. The van der Waals surface area contributed by atoms with E-state index < -0.39 is 5.60 Å². The number of nitrogens with zero attached hydrogens (tertiary/aromatic N) is 2. The third kappa shape index (κ3) is 3.81. The number of halogens is 1. The number of fused-ring (bicyclic) bond motifs is 1. The molecule has 2 saturated heterocycles. The Morgan fingerprint density at radius 3 is 2.52 bits per heavy atom. The van der Waals surface area contributed by atoms with Gasteiger partial charge in [-0.15, -0.1) is 0 Å². The molecular formula is C21H27ClN2O3. The zero-order valence-electron chi connectivity index (χ0n) is 16.2. The summed E-state index contributed by atoms with van der Waals surface area (Å²) in [5.41, 5.74) is 2.10. The monoisotopic (exact) mass is 390 g/mol. The third-order valence-corrected chi connectivity index (χ3v) is 5.66. The largest absolute Gasteiger partial charge is 0.444 e. The number of aromatic nitrogens is 1. The minimum Gasteiger partial charge on any atom is -0.444 e. The lowest BCUT2D eigenvalue weighted by molar-refractivity contribution is -0.0214. The van der Waals surface area contributed by atoms with Gasteiger partial charge in [-0.2, -0.15) is 0 Å². The van der Waals surface area contributed by atoms with Crippen molar-refractivity contribution in [1.82, 2.24) is 9.47 Å². The Hall–Kier alpha value is -1.72. The van der Waals surface area contributed by atoms with Gasteiger partial charge in [0.15, 0.2) is 0 Å². The summed E-state index contributed by atoms with van der Waals surface area (Å²) in [7, 11) is 0. The summed E-state index contributed by atoms with van der Waals surface area (Å²) >= 11 is 6.29. The van der Waals surface area contributed by atoms with Crippen LogP contribution < -0.4 is 0 Å². The van der Waals surface area contributed by atoms with Crippen molar-refractivity contribution in [3.05, 3.63) is 35.0 Å². The molecule has 1 aromatic carbocycles. The number of benzene rings is 1. The van der Waals surface area contributed by atoms with Crippen molar-refractivity contribution < 1.29 is 14.3 Å². The Balaban J connectivity index is 1.54. The lowest BCUT2D eigenvalue weighted by atomic mass is 9.89. The average molecular weight is 391 g/mol. The summed E-state index contributed by atoms with van der Waals surface area (Å²) < 4.78 is 13.2. The molecule has 0 atom stereocenters. The van der Waals surface area contributed by atoms with Crippen LogP contribution in [0.5, 0.6) is 0 Å². The first-order chi connectivity index (χ1) is 12.8. The van der Waals surface area contributed by atoms with E-state index in [0.29, 0.717) is 12.0 Å². The fourth-order valence-corrected chi connectivity index (χ4v) is 4.14.